The van der Waals surface area contributed by atoms with Crippen molar-refractivity contribution < 1.29 is 4.79 Å². The number of hydrogen-bond donors (Lipinski definition) is 0. The first-order chi connectivity index (χ1) is 12.4. The van der Waals surface area contributed by atoms with Gasteiger partial charge in [0, 0.05) is 18.6 Å². The minimum atomic E-state index is -0.274. The third kappa shape index (κ3) is 3.52. The lowest BCUT2D eigenvalue weighted by atomic mass is 9.97. The largest absolute Gasteiger partial charge is 0.336 e. The fourth-order valence-electron chi connectivity index (χ4n) is 3.79. The van der Waals surface area contributed by atoms with Crippen LogP contribution in [-0.2, 0) is 11.3 Å². The van der Waals surface area contributed by atoms with Gasteiger partial charge in [0.25, 0.3) is 5.56 Å². The molecule has 1 amide bonds. The fraction of sp³-hybridized carbons (Fsp3) is 0.550. The van der Waals surface area contributed by atoms with Gasteiger partial charge in [0.1, 0.15) is 0 Å². The van der Waals surface area contributed by atoms with Crippen molar-refractivity contribution in [3.8, 4) is 0 Å². The maximum Gasteiger partial charge on any atom is 0.262 e. The molecule has 0 N–H and O–H groups in total. The molecule has 0 bridgehead atoms. The third-order valence-corrected chi connectivity index (χ3v) is 6.30. The number of aromatic nitrogens is 2. The van der Waals surface area contributed by atoms with E-state index >= 15 is 0 Å². The molecule has 140 valence electrons. The molecule has 2 aromatic rings. The number of carbonyl (C=O) groups excluding carboxylic acids is 1. The van der Waals surface area contributed by atoms with E-state index in [2.05, 4.69) is 18.8 Å². The van der Waals surface area contributed by atoms with E-state index in [0.717, 1.165) is 12.8 Å². The summed E-state index contributed by atoms with van der Waals surface area (Å²) in [5.41, 5.74) is 0.643. The van der Waals surface area contributed by atoms with Gasteiger partial charge in [-0.15, -0.1) is 0 Å². The molecule has 1 aliphatic heterocycles. The van der Waals surface area contributed by atoms with Gasteiger partial charge < -0.3 is 4.90 Å². The number of para-hydroxylation sites is 1. The number of thioether (sulfide) groups is 1. The molecule has 0 unspecified atom stereocenters. The van der Waals surface area contributed by atoms with Crippen molar-refractivity contribution in [3.63, 3.8) is 0 Å². The standard InChI is InChI=1S/C20H27N3O2S/c1-5-22-19(25)16-11-6-7-12-17(16)21-20(22)26-15(4)18(24)23-13(2)9-8-10-14(23)3/h6-7,11-15H,5,8-10H2,1-4H3/t13-,14-,15-/m0/s1. The fourth-order valence-corrected chi connectivity index (χ4v) is 4.82. The number of amides is 1. The number of nitrogens with zero attached hydrogens (tertiary/aromatic N) is 3. The van der Waals surface area contributed by atoms with Crippen molar-refractivity contribution in [1.29, 1.82) is 0 Å². The topological polar surface area (TPSA) is 55.2 Å². The van der Waals surface area contributed by atoms with Crippen LogP contribution in [0.4, 0.5) is 0 Å². The third-order valence-electron chi connectivity index (χ3n) is 5.22. The average Bonchev–Trinajstić information content (AvgIpc) is 2.61. The zero-order valence-corrected chi connectivity index (χ0v) is 16.8. The highest BCUT2D eigenvalue weighted by Crippen LogP contribution is 2.28. The summed E-state index contributed by atoms with van der Waals surface area (Å²) in [6.45, 7) is 8.64. The molecule has 1 aromatic carbocycles. The van der Waals surface area contributed by atoms with Crippen LogP contribution in [-0.4, -0.2) is 37.7 Å². The van der Waals surface area contributed by atoms with E-state index in [4.69, 9.17) is 0 Å². The molecule has 0 saturated carbocycles. The Hall–Kier alpha value is -1.82. The zero-order valence-electron chi connectivity index (χ0n) is 15.9. The molecule has 0 aliphatic carbocycles. The first kappa shape index (κ1) is 19.0. The van der Waals surface area contributed by atoms with E-state index < -0.39 is 0 Å². The van der Waals surface area contributed by atoms with Gasteiger partial charge in [0.15, 0.2) is 5.16 Å². The van der Waals surface area contributed by atoms with E-state index in [1.165, 1.54) is 18.2 Å². The van der Waals surface area contributed by atoms with Gasteiger partial charge >= 0.3 is 0 Å². The zero-order chi connectivity index (χ0) is 18.8. The summed E-state index contributed by atoms with van der Waals surface area (Å²) in [5, 5.41) is 0.967. The van der Waals surface area contributed by atoms with Crippen LogP contribution in [0.15, 0.2) is 34.2 Å². The van der Waals surface area contributed by atoms with Crippen molar-refractivity contribution in [1.82, 2.24) is 14.5 Å². The van der Waals surface area contributed by atoms with Crippen LogP contribution in [0.5, 0.6) is 0 Å². The lowest BCUT2D eigenvalue weighted by Gasteiger charge is -2.40. The van der Waals surface area contributed by atoms with Gasteiger partial charge in [-0.2, -0.15) is 0 Å². The summed E-state index contributed by atoms with van der Waals surface area (Å²) in [6, 6.07) is 7.92. The van der Waals surface area contributed by atoms with Gasteiger partial charge in [-0.05, 0) is 59.1 Å². The Morgan fingerprint density at radius 2 is 1.92 bits per heavy atom. The summed E-state index contributed by atoms with van der Waals surface area (Å²) >= 11 is 1.39. The van der Waals surface area contributed by atoms with Crippen LogP contribution in [0.2, 0.25) is 0 Å². The van der Waals surface area contributed by atoms with E-state index in [0.29, 0.717) is 22.6 Å². The summed E-state index contributed by atoms with van der Waals surface area (Å²) in [5.74, 6) is 0.139. The lowest BCUT2D eigenvalue weighted by molar-refractivity contribution is -0.136. The molecule has 26 heavy (non-hydrogen) atoms. The Bertz CT molecular complexity index is 854. The molecule has 6 heteroatoms. The monoisotopic (exact) mass is 373 g/mol. The second kappa shape index (κ2) is 7.82. The SMILES string of the molecule is CCn1c(S[C@@H](C)C(=O)N2[C@@H](C)CCC[C@@H]2C)nc2ccccc2c1=O. The second-order valence-corrected chi connectivity index (χ2v) is 8.40. The van der Waals surface area contributed by atoms with Gasteiger partial charge in [0.05, 0.1) is 16.2 Å². The van der Waals surface area contributed by atoms with E-state index in [1.807, 2.05) is 36.9 Å². The summed E-state index contributed by atoms with van der Waals surface area (Å²) < 4.78 is 1.67. The lowest BCUT2D eigenvalue weighted by Crippen LogP contribution is -2.50. The van der Waals surface area contributed by atoms with Crippen molar-refractivity contribution in [2.24, 2.45) is 0 Å². The first-order valence-corrected chi connectivity index (χ1v) is 10.3. The molecular formula is C20H27N3O2S. The number of piperidine rings is 1. The molecule has 0 spiro atoms. The van der Waals surface area contributed by atoms with Gasteiger partial charge in [-0.25, -0.2) is 4.98 Å². The van der Waals surface area contributed by atoms with Crippen LogP contribution < -0.4 is 5.56 Å². The van der Waals surface area contributed by atoms with Crippen LogP contribution in [0.25, 0.3) is 10.9 Å². The summed E-state index contributed by atoms with van der Waals surface area (Å²) in [7, 11) is 0. The van der Waals surface area contributed by atoms with Crippen molar-refractivity contribution in [2.45, 2.75) is 76.0 Å². The molecule has 1 fully saturated rings. The maximum absolute atomic E-state index is 13.1. The number of hydrogen-bond acceptors (Lipinski definition) is 4. The van der Waals surface area contributed by atoms with Crippen LogP contribution >= 0.6 is 11.8 Å². The van der Waals surface area contributed by atoms with E-state index in [-0.39, 0.29) is 28.8 Å². The summed E-state index contributed by atoms with van der Waals surface area (Å²) in [4.78, 5) is 32.5. The maximum atomic E-state index is 13.1. The predicted molar refractivity (Wildman–Crippen MR) is 107 cm³/mol. The number of likely N-dealkylation sites (tertiary alicyclic amines) is 1. The number of rotatable bonds is 4. The molecule has 1 saturated heterocycles. The quantitative estimate of drug-likeness (QED) is 0.606. The Labute approximate surface area is 158 Å². The second-order valence-electron chi connectivity index (χ2n) is 7.10. The Kier molecular flexibility index (Phi) is 5.70. The minimum absolute atomic E-state index is 0.0417. The van der Waals surface area contributed by atoms with Crippen molar-refractivity contribution in [3.05, 3.63) is 34.6 Å². The van der Waals surface area contributed by atoms with Gasteiger partial charge in [-0.1, -0.05) is 23.9 Å². The van der Waals surface area contributed by atoms with E-state index in [9.17, 15) is 9.59 Å². The minimum Gasteiger partial charge on any atom is -0.336 e. The Morgan fingerprint density at radius 3 is 2.58 bits per heavy atom. The average molecular weight is 374 g/mol. The molecule has 3 atom stereocenters. The molecule has 5 nitrogen and oxygen atoms in total. The molecular weight excluding hydrogens is 346 g/mol. The van der Waals surface area contributed by atoms with Crippen LogP contribution in [0.1, 0.15) is 47.0 Å². The number of fused-ring (bicyclic) bond motifs is 1. The van der Waals surface area contributed by atoms with Crippen LogP contribution in [0, 0.1) is 0 Å². The highest BCUT2D eigenvalue weighted by Gasteiger charge is 2.32. The molecule has 3 rings (SSSR count). The molecule has 1 aromatic heterocycles. The van der Waals surface area contributed by atoms with Gasteiger partial charge in [-0.3, -0.25) is 14.2 Å². The first-order valence-electron chi connectivity index (χ1n) is 9.42. The molecule has 2 heterocycles. The normalized spacial score (nSPS) is 21.8. The molecule has 1 aliphatic rings. The van der Waals surface area contributed by atoms with Crippen LogP contribution in [0.3, 0.4) is 0 Å². The van der Waals surface area contributed by atoms with E-state index in [1.54, 1.807) is 10.6 Å². The Morgan fingerprint density at radius 1 is 1.27 bits per heavy atom. The number of carbonyl (C=O) groups is 1. The smallest absolute Gasteiger partial charge is 0.262 e. The molecule has 0 radical (unpaired) electrons. The summed E-state index contributed by atoms with van der Waals surface area (Å²) in [6.07, 6.45) is 3.29. The number of benzene rings is 1. The Balaban J connectivity index is 1.90. The predicted octanol–water partition coefficient (Wildman–Crippen LogP) is 3.69. The van der Waals surface area contributed by atoms with Crippen molar-refractivity contribution >= 4 is 28.6 Å². The highest BCUT2D eigenvalue weighted by molar-refractivity contribution is 8.00. The highest BCUT2D eigenvalue weighted by atomic mass is 32.2. The van der Waals surface area contributed by atoms with Gasteiger partial charge in [0.2, 0.25) is 5.91 Å². The van der Waals surface area contributed by atoms with Crippen molar-refractivity contribution in [2.75, 3.05) is 0 Å².